The van der Waals surface area contributed by atoms with Gasteiger partial charge in [-0.2, -0.15) is 0 Å². The third-order valence-electron chi connectivity index (χ3n) is 4.82. The Bertz CT molecular complexity index is 1290. The number of hydrogen-bond donors (Lipinski definition) is 1. The second kappa shape index (κ2) is 7.64. The van der Waals surface area contributed by atoms with Crippen LogP contribution in [0.25, 0.3) is 28.7 Å². The van der Waals surface area contributed by atoms with Gasteiger partial charge in [-0.1, -0.05) is 42.5 Å². The van der Waals surface area contributed by atoms with Gasteiger partial charge in [-0.3, -0.25) is 9.36 Å². The lowest BCUT2D eigenvalue weighted by Crippen LogP contribution is -2.23. The van der Waals surface area contributed by atoms with E-state index in [9.17, 15) is 9.90 Å². The molecular weight excluding hydrogens is 364 g/mol. The first-order chi connectivity index (χ1) is 14.1. The van der Waals surface area contributed by atoms with Crippen LogP contribution in [0, 0.1) is 6.92 Å². The SMILES string of the molecule is COc1cccc(/C=C/c2nc3ccccc3c(=O)n2-c2ccccc2C)c1O. The fourth-order valence-electron chi connectivity index (χ4n) is 3.31. The van der Waals surface area contributed by atoms with E-state index in [1.165, 1.54) is 7.11 Å². The van der Waals surface area contributed by atoms with Crippen molar-refractivity contribution in [3.05, 3.63) is 94.0 Å². The predicted molar refractivity (Wildman–Crippen MR) is 116 cm³/mol. The second-order valence-electron chi connectivity index (χ2n) is 6.65. The van der Waals surface area contributed by atoms with E-state index >= 15 is 0 Å². The molecule has 4 aromatic rings. The molecule has 0 aliphatic heterocycles. The van der Waals surface area contributed by atoms with Gasteiger partial charge in [0.15, 0.2) is 11.5 Å². The largest absolute Gasteiger partial charge is 0.504 e. The summed E-state index contributed by atoms with van der Waals surface area (Å²) in [5.74, 6) is 0.900. The van der Waals surface area contributed by atoms with Crippen molar-refractivity contribution in [2.24, 2.45) is 0 Å². The van der Waals surface area contributed by atoms with Crippen molar-refractivity contribution in [1.29, 1.82) is 0 Å². The maximum atomic E-state index is 13.3. The molecule has 0 amide bonds. The van der Waals surface area contributed by atoms with E-state index in [4.69, 9.17) is 9.72 Å². The van der Waals surface area contributed by atoms with Crippen molar-refractivity contribution in [2.45, 2.75) is 6.92 Å². The molecule has 5 nitrogen and oxygen atoms in total. The van der Waals surface area contributed by atoms with Crippen LogP contribution in [-0.4, -0.2) is 21.8 Å². The fraction of sp³-hybridized carbons (Fsp3) is 0.0833. The van der Waals surface area contributed by atoms with Crippen LogP contribution in [0.15, 0.2) is 71.5 Å². The summed E-state index contributed by atoms with van der Waals surface area (Å²) >= 11 is 0. The Labute approximate surface area is 168 Å². The van der Waals surface area contributed by atoms with Crippen molar-refractivity contribution >= 4 is 23.1 Å². The van der Waals surface area contributed by atoms with Gasteiger partial charge in [0.05, 0.1) is 23.7 Å². The minimum absolute atomic E-state index is 0.0387. The minimum atomic E-state index is -0.139. The molecule has 144 valence electrons. The molecule has 0 atom stereocenters. The van der Waals surface area contributed by atoms with Crippen LogP contribution in [0.1, 0.15) is 17.0 Å². The summed E-state index contributed by atoms with van der Waals surface area (Å²) in [6, 6.07) is 20.2. The number of benzene rings is 3. The molecule has 0 spiro atoms. The first-order valence-electron chi connectivity index (χ1n) is 9.22. The zero-order chi connectivity index (χ0) is 20.4. The molecule has 1 heterocycles. The van der Waals surface area contributed by atoms with E-state index in [0.717, 1.165) is 11.3 Å². The summed E-state index contributed by atoms with van der Waals surface area (Å²) in [5, 5.41) is 10.9. The third kappa shape index (κ3) is 3.38. The first-order valence-corrected chi connectivity index (χ1v) is 9.22. The highest BCUT2D eigenvalue weighted by atomic mass is 16.5. The lowest BCUT2D eigenvalue weighted by Gasteiger charge is -2.13. The van der Waals surface area contributed by atoms with Crippen LogP contribution < -0.4 is 10.3 Å². The number of hydrogen-bond acceptors (Lipinski definition) is 4. The Kier molecular flexibility index (Phi) is 4.87. The van der Waals surface area contributed by atoms with Crippen LogP contribution in [0.3, 0.4) is 0 Å². The van der Waals surface area contributed by atoms with Crippen LogP contribution >= 0.6 is 0 Å². The molecular formula is C24H20N2O3. The number of rotatable bonds is 4. The number of fused-ring (bicyclic) bond motifs is 1. The van der Waals surface area contributed by atoms with Crippen LogP contribution in [0.2, 0.25) is 0 Å². The number of para-hydroxylation sites is 3. The number of phenolic OH excluding ortho intramolecular Hbond substituents is 1. The van der Waals surface area contributed by atoms with Crippen molar-refractivity contribution in [2.75, 3.05) is 7.11 Å². The highest BCUT2D eigenvalue weighted by Gasteiger charge is 2.13. The van der Waals surface area contributed by atoms with E-state index in [1.807, 2.05) is 49.4 Å². The summed E-state index contributed by atoms with van der Waals surface area (Å²) in [6.45, 7) is 1.96. The Morgan fingerprint density at radius 2 is 1.72 bits per heavy atom. The Balaban J connectivity index is 1.95. The van der Waals surface area contributed by atoms with Gasteiger partial charge in [0.25, 0.3) is 5.56 Å². The summed E-state index contributed by atoms with van der Waals surface area (Å²) in [7, 11) is 1.50. The molecule has 1 N–H and O–H groups in total. The molecule has 1 aromatic heterocycles. The van der Waals surface area contributed by atoms with Crippen LogP contribution in [-0.2, 0) is 0 Å². The molecule has 0 fully saturated rings. The van der Waals surface area contributed by atoms with Gasteiger partial charge in [-0.15, -0.1) is 0 Å². The molecule has 0 aliphatic carbocycles. The quantitative estimate of drug-likeness (QED) is 0.559. The molecule has 29 heavy (non-hydrogen) atoms. The van der Waals surface area contributed by atoms with Gasteiger partial charge in [-0.05, 0) is 48.9 Å². The normalized spacial score (nSPS) is 11.2. The smallest absolute Gasteiger partial charge is 0.266 e. The lowest BCUT2D eigenvalue weighted by atomic mass is 10.1. The van der Waals surface area contributed by atoms with Gasteiger partial charge >= 0.3 is 0 Å². The monoisotopic (exact) mass is 384 g/mol. The predicted octanol–water partition coefficient (Wildman–Crippen LogP) is 4.58. The van der Waals surface area contributed by atoms with Gasteiger partial charge < -0.3 is 9.84 Å². The number of aromatic hydroxyl groups is 1. The zero-order valence-corrected chi connectivity index (χ0v) is 16.2. The summed E-state index contributed by atoms with van der Waals surface area (Å²) in [6.07, 6.45) is 3.46. The molecule has 5 heteroatoms. The second-order valence-corrected chi connectivity index (χ2v) is 6.65. The molecule has 0 aliphatic rings. The molecule has 0 radical (unpaired) electrons. The van der Waals surface area contributed by atoms with Gasteiger partial charge in [0.2, 0.25) is 0 Å². The minimum Gasteiger partial charge on any atom is -0.504 e. The Morgan fingerprint density at radius 3 is 2.52 bits per heavy atom. The van der Waals surface area contributed by atoms with Gasteiger partial charge in [0.1, 0.15) is 5.82 Å². The number of nitrogens with zero attached hydrogens (tertiary/aromatic N) is 2. The van der Waals surface area contributed by atoms with E-state index in [1.54, 1.807) is 41.0 Å². The maximum Gasteiger partial charge on any atom is 0.266 e. The average Bonchev–Trinajstić information content (AvgIpc) is 2.74. The standard InChI is InChI=1S/C24H20N2O3/c1-16-8-3-6-12-20(16)26-22(25-19-11-5-4-10-18(19)24(26)28)15-14-17-9-7-13-21(29-2)23(17)27/h3-15,27H,1-2H3/b15-14+. The molecule has 0 saturated carbocycles. The van der Waals surface area contributed by atoms with E-state index in [-0.39, 0.29) is 11.3 Å². The van der Waals surface area contributed by atoms with E-state index < -0.39 is 0 Å². The number of aryl methyl sites for hydroxylation is 1. The third-order valence-corrected chi connectivity index (χ3v) is 4.82. The van der Waals surface area contributed by atoms with Crippen molar-refractivity contribution in [3.63, 3.8) is 0 Å². The summed E-state index contributed by atoms with van der Waals surface area (Å²) in [4.78, 5) is 18.0. The van der Waals surface area contributed by atoms with Crippen LogP contribution in [0.4, 0.5) is 0 Å². The molecule has 3 aromatic carbocycles. The van der Waals surface area contributed by atoms with E-state index in [0.29, 0.717) is 28.0 Å². The highest BCUT2D eigenvalue weighted by molar-refractivity contribution is 5.80. The van der Waals surface area contributed by atoms with E-state index in [2.05, 4.69) is 0 Å². The number of phenols is 1. The van der Waals surface area contributed by atoms with Gasteiger partial charge in [-0.25, -0.2) is 4.98 Å². The van der Waals surface area contributed by atoms with Gasteiger partial charge in [0, 0.05) is 5.56 Å². The topological polar surface area (TPSA) is 64.3 Å². The highest BCUT2D eigenvalue weighted by Crippen LogP contribution is 2.30. The maximum absolute atomic E-state index is 13.3. The van der Waals surface area contributed by atoms with Crippen LogP contribution in [0.5, 0.6) is 11.5 Å². The number of methoxy groups -OCH3 is 1. The Hall–Kier alpha value is -3.86. The molecule has 0 unspecified atom stereocenters. The number of aromatic nitrogens is 2. The fourth-order valence-corrected chi connectivity index (χ4v) is 3.31. The Morgan fingerprint density at radius 1 is 0.966 bits per heavy atom. The number of ether oxygens (including phenoxy) is 1. The van der Waals surface area contributed by atoms with Crippen molar-refractivity contribution in [1.82, 2.24) is 9.55 Å². The summed E-state index contributed by atoms with van der Waals surface area (Å²) in [5.41, 5.74) is 2.79. The molecule has 4 rings (SSSR count). The first kappa shape index (κ1) is 18.5. The molecule has 0 saturated heterocycles. The van der Waals surface area contributed by atoms with Crippen molar-refractivity contribution in [3.8, 4) is 17.2 Å². The summed E-state index contributed by atoms with van der Waals surface area (Å²) < 4.78 is 6.77. The average molecular weight is 384 g/mol. The molecule has 0 bridgehead atoms. The zero-order valence-electron chi connectivity index (χ0n) is 16.2. The lowest BCUT2D eigenvalue weighted by molar-refractivity contribution is 0.373. The van der Waals surface area contributed by atoms with Crippen molar-refractivity contribution < 1.29 is 9.84 Å².